The van der Waals surface area contributed by atoms with E-state index in [0.717, 1.165) is 19.5 Å². The topological polar surface area (TPSA) is 94.9 Å². The molecule has 1 saturated heterocycles. The Morgan fingerprint density at radius 3 is 1.23 bits per heavy atom. The first-order valence-electron chi connectivity index (χ1n) is 5.62. The number of piperidine rings is 1. The second kappa shape index (κ2) is 9.84. The van der Waals surface area contributed by atoms with Gasteiger partial charge in [-0.15, -0.1) is 0 Å². The van der Waals surface area contributed by atoms with Crippen LogP contribution in [-0.4, -0.2) is 58.9 Å². The van der Waals surface area contributed by atoms with Gasteiger partial charge in [0.15, 0.2) is 0 Å². The average Bonchev–Trinajstić information content (AvgIpc) is 2.39. The number of carbonyl (C=O) groups excluding carboxylic acids is 1. The number of rotatable bonds is 1. The highest BCUT2D eigenvalue weighted by Gasteiger charge is 2.38. The second-order valence-corrected chi connectivity index (χ2v) is 3.81. The van der Waals surface area contributed by atoms with Gasteiger partial charge in [-0.3, -0.25) is 4.79 Å². The fourth-order valence-electron chi connectivity index (χ4n) is 1.02. The third-order valence-corrected chi connectivity index (χ3v) is 2.02. The van der Waals surface area contributed by atoms with Crippen molar-refractivity contribution in [2.75, 3.05) is 13.1 Å². The van der Waals surface area contributed by atoms with Crippen LogP contribution in [0.2, 0.25) is 0 Å². The minimum atomic E-state index is -5.08. The third-order valence-electron chi connectivity index (χ3n) is 2.02. The van der Waals surface area contributed by atoms with Gasteiger partial charge in [-0.05, 0) is 19.3 Å². The lowest BCUT2D eigenvalue weighted by atomic mass is 10.1. The average molecular weight is 341 g/mol. The quantitative estimate of drug-likeness (QED) is 0.561. The van der Waals surface area contributed by atoms with Crippen molar-refractivity contribution in [3.63, 3.8) is 0 Å². The zero-order chi connectivity index (χ0) is 18.0. The summed E-state index contributed by atoms with van der Waals surface area (Å²) in [6.45, 7) is 1.95. The number of likely N-dealkylation sites (tertiary alicyclic amines) is 1. The van der Waals surface area contributed by atoms with Crippen LogP contribution in [0.15, 0.2) is 0 Å². The van der Waals surface area contributed by atoms with E-state index < -0.39 is 24.3 Å². The van der Waals surface area contributed by atoms with Crippen LogP contribution in [0.5, 0.6) is 0 Å². The van der Waals surface area contributed by atoms with Crippen LogP contribution in [-0.2, 0) is 14.4 Å². The predicted molar refractivity (Wildman–Crippen MR) is 58.9 cm³/mol. The molecule has 0 aromatic carbocycles. The van der Waals surface area contributed by atoms with E-state index >= 15 is 0 Å². The van der Waals surface area contributed by atoms with Crippen LogP contribution in [0.25, 0.3) is 0 Å². The standard InChI is InChI=1S/C6H11NO.2C2HF3O2/c8-6-7-4-2-1-3-5-7;2*3-2(4,5)1(6)7/h6H,1-5H2;2*(H,6,7). The molecule has 1 heterocycles. The van der Waals surface area contributed by atoms with E-state index in [4.69, 9.17) is 19.8 Å². The Labute approximate surface area is 120 Å². The van der Waals surface area contributed by atoms with E-state index in [1.165, 1.54) is 19.3 Å². The van der Waals surface area contributed by atoms with E-state index in [1.807, 2.05) is 4.90 Å². The Hall–Kier alpha value is -2.01. The highest BCUT2D eigenvalue weighted by atomic mass is 19.4. The van der Waals surface area contributed by atoms with Gasteiger partial charge in [0.2, 0.25) is 6.41 Å². The first-order chi connectivity index (χ1) is 9.82. The molecule has 2 N–H and O–H groups in total. The molecule has 0 radical (unpaired) electrons. The van der Waals surface area contributed by atoms with Crippen molar-refractivity contribution in [2.24, 2.45) is 0 Å². The maximum atomic E-state index is 10.6. The molecule has 0 saturated carbocycles. The molecule has 0 atom stereocenters. The minimum Gasteiger partial charge on any atom is -0.475 e. The number of carbonyl (C=O) groups is 3. The smallest absolute Gasteiger partial charge is 0.475 e. The summed E-state index contributed by atoms with van der Waals surface area (Å²) in [5.41, 5.74) is 0. The number of hydrogen-bond acceptors (Lipinski definition) is 3. The lowest BCUT2D eigenvalue weighted by molar-refractivity contribution is -0.193. The van der Waals surface area contributed by atoms with Crippen molar-refractivity contribution < 1.29 is 50.9 Å². The number of hydrogen-bond donors (Lipinski definition) is 2. The van der Waals surface area contributed by atoms with Gasteiger partial charge in [-0.2, -0.15) is 26.3 Å². The van der Waals surface area contributed by atoms with Crippen molar-refractivity contribution in [3.8, 4) is 0 Å². The molecule has 0 unspecified atom stereocenters. The SMILES string of the molecule is O=C(O)C(F)(F)F.O=C(O)C(F)(F)F.O=CN1CCCCC1. The van der Waals surface area contributed by atoms with E-state index in [2.05, 4.69) is 0 Å². The van der Waals surface area contributed by atoms with Crippen LogP contribution in [0.3, 0.4) is 0 Å². The highest BCUT2D eigenvalue weighted by molar-refractivity contribution is 5.73. The molecule has 0 spiro atoms. The van der Waals surface area contributed by atoms with Crippen LogP contribution < -0.4 is 0 Å². The molecular weight excluding hydrogens is 328 g/mol. The summed E-state index contributed by atoms with van der Waals surface area (Å²) in [4.78, 5) is 29.7. The summed E-state index contributed by atoms with van der Waals surface area (Å²) in [5, 5.41) is 14.2. The summed E-state index contributed by atoms with van der Waals surface area (Å²) >= 11 is 0. The van der Waals surface area contributed by atoms with E-state index in [9.17, 15) is 31.1 Å². The molecule has 130 valence electrons. The van der Waals surface area contributed by atoms with Gasteiger partial charge in [-0.1, -0.05) is 0 Å². The summed E-state index contributed by atoms with van der Waals surface area (Å²) in [7, 11) is 0. The van der Waals surface area contributed by atoms with Crippen LogP contribution in [0.4, 0.5) is 26.3 Å². The molecule has 1 aliphatic heterocycles. The van der Waals surface area contributed by atoms with Gasteiger partial charge >= 0.3 is 24.3 Å². The van der Waals surface area contributed by atoms with Gasteiger partial charge in [0, 0.05) is 13.1 Å². The molecule has 1 rings (SSSR count). The molecule has 12 heteroatoms. The lowest BCUT2D eigenvalue weighted by Crippen LogP contribution is -2.27. The number of carboxylic acids is 2. The summed E-state index contributed by atoms with van der Waals surface area (Å²) in [6, 6.07) is 0. The fourth-order valence-corrected chi connectivity index (χ4v) is 1.02. The summed E-state index contributed by atoms with van der Waals surface area (Å²) < 4.78 is 63.5. The molecule has 0 aromatic heterocycles. The maximum Gasteiger partial charge on any atom is 0.490 e. The Morgan fingerprint density at radius 1 is 0.818 bits per heavy atom. The van der Waals surface area contributed by atoms with Crippen LogP contribution >= 0.6 is 0 Å². The van der Waals surface area contributed by atoms with Gasteiger partial charge in [-0.25, -0.2) is 9.59 Å². The highest BCUT2D eigenvalue weighted by Crippen LogP contribution is 2.13. The summed E-state index contributed by atoms with van der Waals surface area (Å²) in [5.74, 6) is -5.51. The minimum absolute atomic E-state index is 0.944. The number of alkyl halides is 6. The first-order valence-corrected chi connectivity index (χ1v) is 5.62. The predicted octanol–water partition coefficient (Wildman–Crippen LogP) is 1.90. The molecule has 1 aliphatic rings. The van der Waals surface area contributed by atoms with Gasteiger partial charge in [0.05, 0.1) is 0 Å². The maximum absolute atomic E-state index is 10.6. The molecule has 1 fully saturated rings. The Kier molecular flexibility index (Phi) is 9.96. The molecule has 22 heavy (non-hydrogen) atoms. The molecule has 0 aliphatic carbocycles. The van der Waals surface area contributed by atoms with E-state index in [1.54, 1.807) is 0 Å². The van der Waals surface area contributed by atoms with Crippen LogP contribution in [0.1, 0.15) is 19.3 Å². The molecule has 0 aromatic rings. The van der Waals surface area contributed by atoms with E-state index in [-0.39, 0.29) is 0 Å². The lowest BCUT2D eigenvalue weighted by Gasteiger charge is -2.21. The van der Waals surface area contributed by atoms with Crippen molar-refractivity contribution in [1.29, 1.82) is 0 Å². The number of nitrogens with zero attached hydrogens (tertiary/aromatic N) is 1. The van der Waals surface area contributed by atoms with Gasteiger partial charge in [0.1, 0.15) is 0 Å². The zero-order valence-electron chi connectivity index (χ0n) is 10.9. The van der Waals surface area contributed by atoms with Gasteiger partial charge < -0.3 is 15.1 Å². The molecular formula is C10H13F6NO5. The second-order valence-electron chi connectivity index (χ2n) is 3.81. The van der Waals surface area contributed by atoms with Crippen molar-refractivity contribution in [3.05, 3.63) is 0 Å². The van der Waals surface area contributed by atoms with E-state index in [0.29, 0.717) is 0 Å². The summed E-state index contributed by atoms with van der Waals surface area (Å²) in [6.07, 6.45) is -5.54. The Morgan fingerprint density at radius 2 is 1.09 bits per heavy atom. The molecule has 1 amide bonds. The fraction of sp³-hybridized carbons (Fsp3) is 0.700. The number of halogens is 6. The Balaban J connectivity index is 0. The van der Waals surface area contributed by atoms with Crippen molar-refractivity contribution in [2.45, 2.75) is 31.6 Å². The molecule has 0 bridgehead atoms. The normalized spacial score (nSPS) is 14.7. The van der Waals surface area contributed by atoms with Crippen molar-refractivity contribution in [1.82, 2.24) is 4.90 Å². The van der Waals surface area contributed by atoms with Crippen molar-refractivity contribution >= 4 is 18.3 Å². The number of aliphatic carboxylic acids is 2. The van der Waals surface area contributed by atoms with Crippen LogP contribution in [0, 0.1) is 0 Å². The number of amides is 1. The third kappa shape index (κ3) is 13.0. The largest absolute Gasteiger partial charge is 0.490 e. The first kappa shape index (κ1) is 22.3. The van der Waals surface area contributed by atoms with Gasteiger partial charge in [0.25, 0.3) is 0 Å². The molecule has 6 nitrogen and oxygen atoms in total. The monoisotopic (exact) mass is 341 g/mol. The Bertz CT molecular complexity index is 338. The number of carboxylic acid groups (broad SMARTS) is 2. The zero-order valence-corrected chi connectivity index (χ0v) is 10.9.